The number of fused-ring (bicyclic) bond motifs is 1. The Morgan fingerprint density at radius 2 is 1.65 bits per heavy atom. The lowest BCUT2D eigenvalue weighted by molar-refractivity contribution is 0.429. The molecule has 1 aromatic heterocycles. The van der Waals surface area contributed by atoms with Crippen molar-refractivity contribution in [1.29, 1.82) is 0 Å². The largest absolute Gasteiger partial charge is 0.263 e. The summed E-state index contributed by atoms with van der Waals surface area (Å²) < 4.78 is 0. The van der Waals surface area contributed by atoms with Gasteiger partial charge in [0.2, 0.25) is 0 Å². The summed E-state index contributed by atoms with van der Waals surface area (Å²) in [6.07, 6.45) is 11.0. The smallest absolute Gasteiger partial charge is 0.153 e. The molecule has 1 aromatic rings. The number of aromatic amines is 1. The third-order valence-electron chi connectivity index (χ3n) is 5.12. The van der Waals surface area contributed by atoms with Gasteiger partial charge in [-0.2, -0.15) is 5.10 Å². The normalized spacial score (nSPS) is 37.1. The van der Waals surface area contributed by atoms with Crippen molar-refractivity contribution in [2.45, 2.75) is 63.2 Å². The van der Waals surface area contributed by atoms with Crippen LogP contribution in [0, 0.1) is 11.8 Å². The molecule has 4 rings (SSSR count). The van der Waals surface area contributed by atoms with Gasteiger partial charge < -0.3 is 0 Å². The van der Waals surface area contributed by atoms with Gasteiger partial charge in [-0.05, 0) is 43.9 Å². The standard InChI is InChI=1S/C14H21N3/c1-2-4-9(5-3-1)13-15-14(17-16-13)12-7-10-6-11(10)8-12/h9-12H,1-8H2,(H,15,16,17). The van der Waals surface area contributed by atoms with Crippen molar-refractivity contribution in [1.82, 2.24) is 15.2 Å². The predicted octanol–water partition coefficient (Wildman–Crippen LogP) is 3.37. The van der Waals surface area contributed by atoms with Gasteiger partial charge in [0.1, 0.15) is 5.82 Å². The summed E-state index contributed by atoms with van der Waals surface area (Å²) in [6, 6.07) is 0. The summed E-state index contributed by atoms with van der Waals surface area (Å²) in [5, 5.41) is 7.71. The Hall–Kier alpha value is -0.860. The molecular weight excluding hydrogens is 210 g/mol. The summed E-state index contributed by atoms with van der Waals surface area (Å²) >= 11 is 0. The minimum absolute atomic E-state index is 0.668. The van der Waals surface area contributed by atoms with Crippen molar-refractivity contribution in [3.63, 3.8) is 0 Å². The second kappa shape index (κ2) is 3.82. The summed E-state index contributed by atoms with van der Waals surface area (Å²) in [5.41, 5.74) is 0. The van der Waals surface area contributed by atoms with Gasteiger partial charge >= 0.3 is 0 Å². The second-order valence-electron chi connectivity index (χ2n) is 6.34. The van der Waals surface area contributed by atoms with E-state index in [0.717, 1.165) is 17.7 Å². The lowest BCUT2D eigenvalue weighted by atomic mass is 9.89. The van der Waals surface area contributed by atoms with Crippen molar-refractivity contribution in [2.24, 2.45) is 11.8 Å². The van der Waals surface area contributed by atoms with Crippen molar-refractivity contribution < 1.29 is 0 Å². The van der Waals surface area contributed by atoms with Crippen molar-refractivity contribution in [3.8, 4) is 0 Å². The molecule has 0 spiro atoms. The molecule has 3 aliphatic rings. The zero-order valence-electron chi connectivity index (χ0n) is 10.4. The van der Waals surface area contributed by atoms with Crippen LogP contribution in [0.25, 0.3) is 0 Å². The highest BCUT2D eigenvalue weighted by atomic mass is 15.2. The molecule has 0 bridgehead atoms. The zero-order valence-corrected chi connectivity index (χ0v) is 10.4. The first kappa shape index (κ1) is 10.1. The fourth-order valence-corrected chi connectivity index (χ4v) is 3.95. The zero-order chi connectivity index (χ0) is 11.2. The summed E-state index contributed by atoms with van der Waals surface area (Å²) in [7, 11) is 0. The van der Waals surface area contributed by atoms with Gasteiger partial charge in [-0.1, -0.05) is 19.3 Å². The molecule has 2 atom stereocenters. The minimum atomic E-state index is 0.668. The van der Waals surface area contributed by atoms with Crippen molar-refractivity contribution >= 4 is 0 Å². The van der Waals surface area contributed by atoms with E-state index in [0.29, 0.717) is 11.8 Å². The first-order chi connectivity index (χ1) is 8.40. The van der Waals surface area contributed by atoms with Crippen LogP contribution in [0.1, 0.15) is 74.9 Å². The first-order valence-electron chi connectivity index (χ1n) is 7.32. The molecule has 0 saturated heterocycles. The minimum Gasteiger partial charge on any atom is -0.263 e. The molecular formula is C14H21N3. The van der Waals surface area contributed by atoms with E-state index in [1.54, 1.807) is 0 Å². The van der Waals surface area contributed by atoms with E-state index in [2.05, 4.69) is 10.2 Å². The number of nitrogens with one attached hydrogen (secondary N) is 1. The highest BCUT2D eigenvalue weighted by Gasteiger charge is 2.47. The van der Waals surface area contributed by atoms with Gasteiger partial charge in [0, 0.05) is 11.8 Å². The molecule has 2 unspecified atom stereocenters. The molecule has 0 radical (unpaired) electrons. The second-order valence-corrected chi connectivity index (χ2v) is 6.34. The number of H-pyrrole nitrogens is 1. The van der Waals surface area contributed by atoms with Crippen molar-refractivity contribution in [3.05, 3.63) is 11.6 Å². The van der Waals surface area contributed by atoms with Crippen LogP contribution in [0.4, 0.5) is 0 Å². The Balaban J connectivity index is 1.48. The third kappa shape index (κ3) is 1.80. The number of aromatic nitrogens is 3. The number of nitrogens with zero attached hydrogens (tertiary/aromatic N) is 2. The molecule has 0 amide bonds. The number of rotatable bonds is 2. The number of hydrogen-bond acceptors (Lipinski definition) is 2. The molecule has 0 aliphatic heterocycles. The summed E-state index contributed by atoms with van der Waals surface area (Å²) in [5.74, 6) is 5.69. The van der Waals surface area contributed by atoms with E-state index in [1.807, 2.05) is 0 Å². The van der Waals surface area contributed by atoms with Crippen LogP contribution in [0.2, 0.25) is 0 Å². The molecule has 1 N–H and O–H groups in total. The van der Waals surface area contributed by atoms with Gasteiger partial charge in [0.25, 0.3) is 0 Å². The van der Waals surface area contributed by atoms with E-state index in [1.165, 1.54) is 57.2 Å². The molecule has 92 valence electrons. The van der Waals surface area contributed by atoms with Crippen molar-refractivity contribution in [2.75, 3.05) is 0 Å². The molecule has 3 fully saturated rings. The predicted molar refractivity (Wildman–Crippen MR) is 65.8 cm³/mol. The average Bonchev–Trinajstić information content (AvgIpc) is 2.85. The van der Waals surface area contributed by atoms with Gasteiger partial charge in [-0.25, -0.2) is 4.98 Å². The molecule has 1 heterocycles. The van der Waals surface area contributed by atoms with Crippen LogP contribution in [-0.4, -0.2) is 15.2 Å². The van der Waals surface area contributed by atoms with Gasteiger partial charge in [-0.3, -0.25) is 5.10 Å². The fourth-order valence-electron chi connectivity index (χ4n) is 3.95. The van der Waals surface area contributed by atoms with E-state index in [-0.39, 0.29) is 0 Å². The topological polar surface area (TPSA) is 41.6 Å². The Morgan fingerprint density at radius 1 is 0.882 bits per heavy atom. The van der Waals surface area contributed by atoms with Gasteiger partial charge in [0.05, 0.1) is 0 Å². The molecule has 3 heteroatoms. The average molecular weight is 231 g/mol. The Morgan fingerprint density at radius 3 is 2.41 bits per heavy atom. The van der Waals surface area contributed by atoms with E-state index < -0.39 is 0 Å². The molecule has 3 saturated carbocycles. The van der Waals surface area contributed by atoms with Crippen LogP contribution in [0.3, 0.4) is 0 Å². The Bertz CT molecular complexity index is 379. The molecule has 17 heavy (non-hydrogen) atoms. The van der Waals surface area contributed by atoms with E-state index in [9.17, 15) is 0 Å². The molecule has 3 aliphatic carbocycles. The van der Waals surface area contributed by atoms with Crippen LogP contribution in [0.15, 0.2) is 0 Å². The molecule has 0 aromatic carbocycles. The fraction of sp³-hybridized carbons (Fsp3) is 0.857. The SMILES string of the molecule is C1CCC(c2nc(C3CC4CC4C3)n[nH]2)CC1. The summed E-state index contributed by atoms with van der Waals surface area (Å²) in [6.45, 7) is 0. The highest BCUT2D eigenvalue weighted by Crippen LogP contribution is 2.57. The first-order valence-corrected chi connectivity index (χ1v) is 7.32. The van der Waals surface area contributed by atoms with Crippen LogP contribution in [-0.2, 0) is 0 Å². The summed E-state index contributed by atoms with van der Waals surface area (Å²) in [4.78, 5) is 4.80. The lowest BCUT2D eigenvalue weighted by Crippen LogP contribution is -2.06. The van der Waals surface area contributed by atoms with Gasteiger partial charge in [-0.15, -0.1) is 0 Å². The van der Waals surface area contributed by atoms with Gasteiger partial charge in [0.15, 0.2) is 5.82 Å². The third-order valence-corrected chi connectivity index (χ3v) is 5.12. The van der Waals surface area contributed by atoms with Crippen LogP contribution >= 0.6 is 0 Å². The highest BCUT2D eigenvalue weighted by molar-refractivity contribution is 5.10. The maximum atomic E-state index is 4.80. The maximum absolute atomic E-state index is 4.80. The Labute approximate surface area is 102 Å². The van der Waals surface area contributed by atoms with Crippen LogP contribution < -0.4 is 0 Å². The van der Waals surface area contributed by atoms with E-state index >= 15 is 0 Å². The quantitative estimate of drug-likeness (QED) is 0.848. The lowest BCUT2D eigenvalue weighted by Gasteiger charge is -2.18. The van der Waals surface area contributed by atoms with E-state index in [4.69, 9.17) is 4.98 Å². The molecule has 3 nitrogen and oxygen atoms in total. The van der Waals surface area contributed by atoms with Crippen LogP contribution in [0.5, 0.6) is 0 Å². The monoisotopic (exact) mass is 231 g/mol. The maximum Gasteiger partial charge on any atom is 0.153 e. The Kier molecular flexibility index (Phi) is 2.27. The number of hydrogen-bond donors (Lipinski definition) is 1.